The van der Waals surface area contributed by atoms with Gasteiger partial charge in [-0.2, -0.15) is 0 Å². The van der Waals surface area contributed by atoms with Gasteiger partial charge in [0.15, 0.2) is 0 Å². The first-order valence-corrected chi connectivity index (χ1v) is 5.49. The predicted molar refractivity (Wildman–Crippen MR) is 60.3 cm³/mol. The molecule has 1 fully saturated rings. The topological polar surface area (TPSA) is 64.4 Å². The van der Waals surface area contributed by atoms with Gasteiger partial charge in [-0.05, 0) is 12.8 Å². The number of aromatic nitrogens is 2. The van der Waals surface area contributed by atoms with E-state index >= 15 is 0 Å². The van der Waals surface area contributed by atoms with Gasteiger partial charge in [0.25, 0.3) is 11.5 Å². The molecular formula is C11H15N3O3. The summed E-state index contributed by atoms with van der Waals surface area (Å²) in [5.41, 5.74) is 0.638. The van der Waals surface area contributed by atoms with Crippen LogP contribution in [0, 0.1) is 0 Å². The zero-order valence-corrected chi connectivity index (χ0v) is 9.92. The molecule has 1 amide bonds. The molecule has 1 aromatic rings. The molecule has 1 aliphatic rings. The van der Waals surface area contributed by atoms with Crippen LogP contribution in [0.4, 0.5) is 0 Å². The van der Waals surface area contributed by atoms with E-state index in [1.165, 1.54) is 31.1 Å². The number of nitrogens with zero attached hydrogens (tertiary/aromatic N) is 3. The van der Waals surface area contributed by atoms with Crippen molar-refractivity contribution in [1.29, 1.82) is 0 Å². The Bertz CT molecular complexity index is 479. The van der Waals surface area contributed by atoms with Crippen LogP contribution in [0.25, 0.3) is 0 Å². The van der Waals surface area contributed by atoms with Crippen molar-refractivity contribution in [1.82, 2.24) is 14.6 Å². The van der Waals surface area contributed by atoms with Gasteiger partial charge in [-0.25, -0.2) is 10.0 Å². The molecular weight excluding hydrogens is 222 g/mol. The van der Waals surface area contributed by atoms with Gasteiger partial charge >= 0.3 is 0 Å². The molecule has 1 saturated carbocycles. The summed E-state index contributed by atoms with van der Waals surface area (Å²) in [6.07, 6.45) is 3.63. The third kappa shape index (κ3) is 2.71. The standard InChI is InChI=1S/C11H15N3O3/c1-13(17-2)11(16)6-14-7-12-9(5-10(14)15)8-3-4-8/h5,7-8H,3-4,6H2,1-2H3. The summed E-state index contributed by atoms with van der Waals surface area (Å²) < 4.78 is 1.28. The average molecular weight is 237 g/mol. The van der Waals surface area contributed by atoms with E-state index in [1.807, 2.05) is 0 Å². The van der Waals surface area contributed by atoms with Gasteiger partial charge in [-0.3, -0.25) is 19.0 Å². The van der Waals surface area contributed by atoms with E-state index < -0.39 is 0 Å². The lowest BCUT2D eigenvalue weighted by Gasteiger charge is -2.14. The van der Waals surface area contributed by atoms with E-state index in [2.05, 4.69) is 4.98 Å². The Morgan fingerprint density at radius 2 is 2.35 bits per heavy atom. The normalized spacial score (nSPS) is 14.7. The van der Waals surface area contributed by atoms with Crippen molar-refractivity contribution in [3.05, 3.63) is 28.4 Å². The Hall–Kier alpha value is -1.69. The van der Waals surface area contributed by atoms with Gasteiger partial charge in [0.2, 0.25) is 0 Å². The Labute approximate surface area is 98.8 Å². The Kier molecular flexibility index (Phi) is 3.23. The maximum Gasteiger partial charge on any atom is 0.265 e. The smallest absolute Gasteiger partial charge is 0.265 e. The van der Waals surface area contributed by atoms with Crippen molar-refractivity contribution in [3.63, 3.8) is 0 Å². The molecule has 0 radical (unpaired) electrons. The fourth-order valence-electron chi connectivity index (χ4n) is 1.51. The van der Waals surface area contributed by atoms with E-state index in [4.69, 9.17) is 4.84 Å². The zero-order chi connectivity index (χ0) is 12.4. The molecule has 0 spiro atoms. The first kappa shape index (κ1) is 11.8. The first-order chi connectivity index (χ1) is 8.11. The summed E-state index contributed by atoms with van der Waals surface area (Å²) in [4.78, 5) is 32.2. The monoisotopic (exact) mass is 237 g/mol. The molecule has 0 atom stereocenters. The minimum absolute atomic E-state index is 0.0544. The van der Waals surface area contributed by atoms with Crippen molar-refractivity contribution < 1.29 is 9.63 Å². The summed E-state index contributed by atoms with van der Waals surface area (Å²) in [6, 6.07) is 1.51. The molecule has 6 heteroatoms. The molecule has 1 aliphatic carbocycles. The summed E-state index contributed by atoms with van der Waals surface area (Å²) in [5, 5.41) is 1.08. The highest BCUT2D eigenvalue weighted by Gasteiger charge is 2.25. The number of hydroxylamine groups is 2. The highest BCUT2D eigenvalue weighted by molar-refractivity contribution is 5.74. The van der Waals surface area contributed by atoms with Gasteiger partial charge in [0.05, 0.1) is 19.1 Å². The summed E-state index contributed by atoms with van der Waals surface area (Å²) >= 11 is 0. The third-order valence-electron chi connectivity index (χ3n) is 2.83. The summed E-state index contributed by atoms with van der Waals surface area (Å²) in [5.74, 6) is 0.144. The molecule has 2 rings (SSSR count). The van der Waals surface area contributed by atoms with Crippen LogP contribution in [0.2, 0.25) is 0 Å². The number of hydrogen-bond donors (Lipinski definition) is 0. The van der Waals surface area contributed by atoms with Gasteiger partial charge < -0.3 is 0 Å². The van der Waals surface area contributed by atoms with E-state index in [0.29, 0.717) is 5.92 Å². The van der Waals surface area contributed by atoms with Crippen molar-refractivity contribution in [2.45, 2.75) is 25.3 Å². The van der Waals surface area contributed by atoms with E-state index in [9.17, 15) is 9.59 Å². The number of hydrogen-bond acceptors (Lipinski definition) is 4. The molecule has 0 unspecified atom stereocenters. The Morgan fingerprint density at radius 3 is 2.88 bits per heavy atom. The molecule has 0 bridgehead atoms. The second-order valence-electron chi connectivity index (χ2n) is 4.13. The van der Waals surface area contributed by atoms with Crippen LogP contribution in [0.5, 0.6) is 0 Å². The second kappa shape index (κ2) is 4.67. The van der Waals surface area contributed by atoms with Crippen LogP contribution in [-0.2, 0) is 16.2 Å². The highest BCUT2D eigenvalue weighted by Crippen LogP contribution is 2.38. The molecule has 0 aromatic carbocycles. The van der Waals surface area contributed by atoms with Crippen molar-refractivity contribution in [3.8, 4) is 0 Å². The number of carbonyl (C=O) groups is 1. The van der Waals surface area contributed by atoms with Crippen LogP contribution in [0.1, 0.15) is 24.5 Å². The Morgan fingerprint density at radius 1 is 1.65 bits per heavy atom. The quantitative estimate of drug-likeness (QED) is 0.699. The van der Waals surface area contributed by atoms with E-state index in [1.54, 1.807) is 0 Å². The average Bonchev–Trinajstić information content (AvgIpc) is 3.14. The van der Waals surface area contributed by atoms with Crippen LogP contribution < -0.4 is 5.56 Å². The SMILES string of the molecule is CON(C)C(=O)Cn1cnc(C2CC2)cc1=O. The second-order valence-corrected chi connectivity index (χ2v) is 4.13. The maximum atomic E-state index is 11.7. The van der Waals surface area contributed by atoms with Crippen LogP contribution >= 0.6 is 0 Å². The van der Waals surface area contributed by atoms with Gasteiger partial charge in [0, 0.05) is 19.0 Å². The largest absolute Gasteiger partial charge is 0.290 e. The first-order valence-electron chi connectivity index (χ1n) is 5.49. The molecule has 6 nitrogen and oxygen atoms in total. The molecule has 17 heavy (non-hydrogen) atoms. The van der Waals surface area contributed by atoms with Crippen LogP contribution in [0.15, 0.2) is 17.2 Å². The number of amides is 1. The third-order valence-corrected chi connectivity index (χ3v) is 2.83. The van der Waals surface area contributed by atoms with E-state index in [-0.39, 0.29) is 18.0 Å². The minimum atomic E-state index is -0.296. The van der Waals surface area contributed by atoms with Crippen molar-refractivity contribution in [2.24, 2.45) is 0 Å². The maximum absolute atomic E-state index is 11.7. The molecule has 0 saturated heterocycles. The lowest BCUT2D eigenvalue weighted by molar-refractivity contribution is -0.169. The molecule has 92 valence electrons. The number of rotatable bonds is 4. The summed E-state index contributed by atoms with van der Waals surface area (Å²) in [7, 11) is 2.90. The van der Waals surface area contributed by atoms with Crippen LogP contribution in [0.3, 0.4) is 0 Å². The predicted octanol–water partition coefficient (Wildman–Crippen LogP) is 0.140. The van der Waals surface area contributed by atoms with Crippen LogP contribution in [-0.4, -0.2) is 34.7 Å². The lowest BCUT2D eigenvalue weighted by atomic mass is 10.3. The fourth-order valence-corrected chi connectivity index (χ4v) is 1.51. The number of likely N-dealkylation sites (N-methyl/N-ethyl adjacent to an activating group) is 1. The summed E-state index contributed by atoms with van der Waals surface area (Å²) in [6.45, 7) is -0.0544. The van der Waals surface area contributed by atoms with Gasteiger partial charge in [0.1, 0.15) is 6.54 Å². The molecule has 1 aromatic heterocycles. The Balaban J connectivity index is 2.11. The van der Waals surface area contributed by atoms with Gasteiger partial charge in [-0.15, -0.1) is 0 Å². The molecule has 0 aliphatic heterocycles. The highest BCUT2D eigenvalue weighted by atomic mass is 16.7. The van der Waals surface area contributed by atoms with Crippen molar-refractivity contribution in [2.75, 3.05) is 14.2 Å². The molecule has 0 N–H and O–H groups in total. The fraction of sp³-hybridized carbons (Fsp3) is 0.545. The zero-order valence-electron chi connectivity index (χ0n) is 9.92. The van der Waals surface area contributed by atoms with Crippen molar-refractivity contribution >= 4 is 5.91 Å². The minimum Gasteiger partial charge on any atom is -0.290 e. The van der Waals surface area contributed by atoms with Gasteiger partial charge in [-0.1, -0.05) is 0 Å². The van der Waals surface area contributed by atoms with E-state index in [0.717, 1.165) is 23.6 Å². The molecule has 1 heterocycles. The lowest BCUT2D eigenvalue weighted by Crippen LogP contribution is -2.33. The number of carbonyl (C=O) groups excluding carboxylic acids is 1.